The highest BCUT2D eigenvalue weighted by Crippen LogP contribution is 2.31. The highest BCUT2D eigenvalue weighted by atomic mass is 19.4. The summed E-state index contributed by atoms with van der Waals surface area (Å²) in [5.74, 6) is -1.04. The highest BCUT2D eigenvalue weighted by molar-refractivity contribution is 5.92. The molecule has 1 atom stereocenters. The van der Waals surface area contributed by atoms with Gasteiger partial charge in [0.2, 0.25) is 5.91 Å². The minimum absolute atomic E-state index is 0.0782. The van der Waals surface area contributed by atoms with E-state index in [1.165, 1.54) is 22.7 Å². The van der Waals surface area contributed by atoms with Crippen LogP contribution >= 0.6 is 0 Å². The van der Waals surface area contributed by atoms with Gasteiger partial charge in [-0.1, -0.05) is 30.3 Å². The van der Waals surface area contributed by atoms with Gasteiger partial charge in [0.25, 0.3) is 0 Å². The van der Waals surface area contributed by atoms with Crippen LogP contribution in [0, 0.1) is 0 Å². The van der Waals surface area contributed by atoms with Gasteiger partial charge in [-0.25, -0.2) is 0 Å². The molecule has 3 aromatic heterocycles. The van der Waals surface area contributed by atoms with E-state index >= 15 is 0 Å². The number of pyridine rings is 2. The number of aromatic nitrogens is 4. The normalized spacial score (nSPS) is 12.7. The van der Waals surface area contributed by atoms with Crippen LogP contribution in [0.25, 0.3) is 5.65 Å². The topological polar surface area (TPSA) is 95.4 Å². The fourth-order valence-electron chi connectivity index (χ4n) is 3.23. The molecule has 0 spiro atoms. The molecule has 0 saturated carbocycles. The number of ether oxygens (including phenoxy) is 1. The van der Waals surface area contributed by atoms with Crippen molar-refractivity contribution in [1.29, 1.82) is 0 Å². The molecule has 10 heteroatoms. The molecule has 0 radical (unpaired) electrons. The number of nitrogens with zero attached hydrogens (tertiary/aromatic N) is 4. The van der Waals surface area contributed by atoms with Crippen LogP contribution < -0.4 is 5.73 Å². The molecular formula is C22H18F3N5O2. The number of hydrogen-bond donors (Lipinski definition) is 1. The van der Waals surface area contributed by atoms with E-state index in [2.05, 4.69) is 15.2 Å². The van der Waals surface area contributed by atoms with Gasteiger partial charge in [-0.05, 0) is 29.8 Å². The Morgan fingerprint density at radius 1 is 1.06 bits per heavy atom. The summed E-state index contributed by atoms with van der Waals surface area (Å²) in [6.45, 7) is 0.371. The van der Waals surface area contributed by atoms with Crippen LogP contribution in [0.1, 0.15) is 38.9 Å². The first kappa shape index (κ1) is 21.4. The molecule has 32 heavy (non-hydrogen) atoms. The predicted octanol–water partition coefficient (Wildman–Crippen LogP) is 3.59. The summed E-state index contributed by atoms with van der Waals surface area (Å²) < 4.78 is 46.9. The van der Waals surface area contributed by atoms with Gasteiger partial charge in [0.1, 0.15) is 5.82 Å². The highest BCUT2D eigenvalue weighted by Gasteiger charge is 2.32. The third-order valence-corrected chi connectivity index (χ3v) is 4.89. The molecular weight excluding hydrogens is 423 g/mol. The number of rotatable bonds is 7. The van der Waals surface area contributed by atoms with Gasteiger partial charge < -0.3 is 10.5 Å². The first-order chi connectivity index (χ1) is 15.3. The van der Waals surface area contributed by atoms with E-state index in [4.69, 9.17) is 10.5 Å². The fourth-order valence-corrected chi connectivity index (χ4v) is 3.23. The Morgan fingerprint density at radius 3 is 2.50 bits per heavy atom. The Balaban J connectivity index is 1.70. The van der Waals surface area contributed by atoms with Crippen molar-refractivity contribution in [3.05, 3.63) is 95.2 Å². The van der Waals surface area contributed by atoms with E-state index in [0.717, 1.165) is 17.8 Å². The molecule has 1 amide bonds. The van der Waals surface area contributed by atoms with Crippen molar-refractivity contribution < 1.29 is 22.7 Å². The number of alkyl halides is 3. The quantitative estimate of drug-likeness (QED) is 0.473. The summed E-state index contributed by atoms with van der Waals surface area (Å²) >= 11 is 0. The summed E-state index contributed by atoms with van der Waals surface area (Å²) in [5, 5.41) is 8.10. The fraction of sp³-hybridized carbons (Fsp3) is 0.182. The third kappa shape index (κ3) is 4.59. The largest absolute Gasteiger partial charge is 0.417 e. The van der Waals surface area contributed by atoms with Gasteiger partial charge in [0.15, 0.2) is 5.65 Å². The molecule has 0 aliphatic heterocycles. The van der Waals surface area contributed by atoms with Crippen LogP contribution in [0.3, 0.4) is 0 Å². The number of primary amides is 1. The van der Waals surface area contributed by atoms with Gasteiger partial charge >= 0.3 is 6.18 Å². The lowest BCUT2D eigenvalue weighted by Crippen LogP contribution is -2.17. The Labute approximate surface area is 180 Å². The Hall–Kier alpha value is -3.79. The van der Waals surface area contributed by atoms with Gasteiger partial charge in [-0.3, -0.25) is 14.2 Å². The van der Waals surface area contributed by atoms with Crippen LogP contribution in [0.4, 0.5) is 13.2 Å². The average Bonchev–Trinajstić information content (AvgIpc) is 3.20. The third-order valence-electron chi connectivity index (χ3n) is 4.89. The van der Waals surface area contributed by atoms with Crippen molar-refractivity contribution in [2.75, 3.05) is 6.61 Å². The van der Waals surface area contributed by atoms with Crippen molar-refractivity contribution >= 4 is 11.6 Å². The zero-order valence-corrected chi connectivity index (χ0v) is 16.7. The van der Waals surface area contributed by atoms with Crippen LogP contribution in [0.5, 0.6) is 0 Å². The maximum absolute atomic E-state index is 13.3. The maximum atomic E-state index is 13.3. The number of carbonyl (C=O) groups excluding carboxylic acids is 1. The summed E-state index contributed by atoms with van der Waals surface area (Å²) in [5.41, 5.74) is 6.31. The second-order valence-corrected chi connectivity index (χ2v) is 7.09. The molecule has 164 valence electrons. The molecule has 4 rings (SSSR count). The summed E-state index contributed by atoms with van der Waals surface area (Å²) in [4.78, 5) is 15.6. The SMILES string of the molecule is NC(=O)c1ccc(C(COCc2ccccc2)c2nnc3ccc(C(F)(F)F)cn23)nc1. The first-order valence-electron chi connectivity index (χ1n) is 9.62. The molecule has 0 saturated heterocycles. The van der Waals surface area contributed by atoms with Gasteiger partial charge in [-0.15, -0.1) is 10.2 Å². The summed E-state index contributed by atoms with van der Waals surface area (Å²) in [6.07, 6.45) is -2.25. The monoisotopic (exact) mass is 441 g/mol. The lowest BCUT2D eigenvalue weighted by Gasteiger charge is -2.16. The number of benzene rings is 1. The van der Waals surface area contributed by atoms with E-state index in [0.29, 0.717) is 12.3 Å². The van der Waals surface area contributed by atoms with Gasteiger partial charge in [-0.2, -0.15) is 13.2 Å². The molecule has 7 nitrogen and oxygen atoms in total. The van der Waals surface area contributed by atoms with Crippen LogP contribution in [0.2, 0.25) is 0 Å². The Kier molecular flexibility index (Phi) is 5.87. The second kappa shape index (κ2) is 8.75. The molecule has 4 aromatic rings. The lowest BCUT2D eigenvalue weighted by molar-refractivity contribution is -0.137. The van der Waals surface area contributed by atoms with Crippen molar-refractivity contribution in [1.82, 2.24) is 19.6 Å². The van der Waals surface area contributed by atoms with Gasteiger partial charge in [0, 0.05) is 12.4 Å². The minimum atomic E-state index is -4.52. The molecule has 2 N–H and O–H groups in total. The van der Waals surface area contributed by atoms with E-state index in [1.807, 2.05) is 30.3 Å². The molecule has 3 heterocycles. The minimum Gasteiger partial charge on any atom is -0.376 e. The van der Waals surface area contributed by atoms with Gasteiger partial charge in [0.05, 0.1) is 36.0 Å². The second-order valence-electron chi connectivity index (χ2n) is 7.09. The molecule has 1 unspecified atom stereocenters. The molecule has 0 fully saturated rings. The van der Waals surface area contributed by atoms with Crippen molar-refractivity contribution in [3.63, 3.8) is 0 Å². The molecule has 1 aromatic carbocycles. The number of fused-ring (bicyclic) bond motifs is 1. The number of hydrogen-bond acceptors (Lipinski definition) is 5. The van der Waals surface area contributed by atoms with Crippen molar-refractivity contribution in [2.45, 2.75) is 18.7 Å². The first-order valence-corrected chi connectivity index (χ1v) is 9.62. The number of carbonyl (C=O) groups is 1. The lowest BCUT2D eigenvalue weighted by atomic mass is 10.0. The van der Waals surface area contributed by atoms with E-state index in [9.17, 15) is 18.0 Å². The summed E-state index contributed by atoms with van der Waals surface area (Å²) in [7, 11) is 0. The predicted molar refractivity (Wildman–Crippen MR) is 109 cm³/mol. The average molecular weight is 441 g/mol. The molecule has 0 bridgehead atoms. The van der Waals surface area contributed by atoms with Crippen molar-refractivity contribution in [3.8, 4) is 0 Å². The maximum Gasteiger partial charge on any atom is 0.417 e. The summed E-state index contributed by atoms with van der Waals surface area (Å²) in [6, 6.07) is 14.7. The number of amides is 1. The van der Waals surface area contributed by atoms with E-state index in [-0.39, 0.29) is 23.6 Å². The van der Waals surface area contributed by atoms with E-state index < -0.39 is 23.6 Å². The smallest absolute Gasteiger partial charge is 0.376 e. The van der Waals surface area contributed by atoms with Crippen molar-refractivity contribution in [2.24, 2.45) is 5.73 Å². The molecule has 0 aliphatic carbocycles. The zero-order chi connectivity index (χ0) is 22.7. The van der Waals surface area contributed by atoms with Crippen LogP contribution in [-0.2, 0) is 17.5 Å². The van der Waals surface area contributed by atoms with Crippen LogP contribution in [-0.4, -0.2) is 32.1 Å². The number of nitrogens with two attached hydrogens (primary N) is 1. The standard InChI is InChI=1S/C22H18F3N5O2/c23-22(24,25)16-7-9-19-28-29-21(30(19)11-16)17(13-32-12-14-4-2-1-3-5-14)18-8-6-15(10-27-18)20(26)31/h1-11,17H,12-13H2,(H2,26,31). The van der Waals surface area contributed by atoms with Crippen LogP contribution in [0.15, 0.2) is 67.0 Å². The Morgan fingerprint density at radius 2 is 1.84 bits per heavy atom. The molecule has 0 aliphatic rings. The zero-order valence-electron chi connectivity index (χ0n) is 16.7. The Bertz CT molecular complexity index is 1220. The number of halogens is 3. The van der Waals surface area contributed by atoms with E-state index in [1.54, 1.807) is 6.07 Å².